The number of nitrogens with zero attached hydrogens (tertiary/aromatic N) is 2. The standard InChI is InChI=1S/C12H19N3O3S/c1-2-15(9-10-4-3-7-18-10)19(16,17)11-5-6-14-12(13)8-11/h5-6,8,10H,2-4,7,9H2,1H3,(H2,13,14). The van der Waals surface area contributed by atoms with Gasteiger partial charge in [-0.25, -0.2) is 13.4 Å². The molecule has 2 heterocycles. The molecule has 0 aliphatic carbocycles. The molecule has 0 bridgehead atoms. The van der Waals surface area contributed by atoms with Crippen molar-refractivity contribution >= 4 is 15.8 Å². The van der Waals surface area contributed by atoms with Gasteiger partial charge in [-0.3, -0.25) is 0 Å². The molecule has 1 aromatic heterocycles. The first-order valence-corrected chi connectivity index (χ1v) is 7.81. The van der Waals surface area contributed by atoms with Crippen molar-refractivity contribution in [2.24, 2.45) is 0 Å². The SMILES string of the molecule is CCN(CC1CCCO1)S(=O)(=O)c1ccnc(N)c1. The van der Waals surface area contributed by atoms with Crippen LogP contribution in [0.15, 0.2) is 23.2 Å². The smallest absolute Gasteiger partial charge is 0.243 e. The van der Waals surface area contributed by atoms with Crippen LogP contribution < -0.4 is 5.73 Å². The predicted octanol–water partition coefficient (Wildman–Crippen LogP) is 0.853. The van der Waals surface area contributed by atoms with Crippen molar-refractivity contribution in [3.05, 3.63) is 18.3 Å². The van der Waals surface area contributed by atoms with E-state index in [0.29, 0.717) is 19.7 Å². The van der Waals surface area contributed by atoms with Crippen LogP contribution in [0.2, 0.25) is 0 Å². The first kappa shape index (κ1) is 14.2. The van der Waals surface area contributed by atoms with E-state index in [2.05, 4.69) is 4.98 Å². The van der Waals surface area contributed by atoms with Gasteiger partial charge in [-0.1, -0.05) is 6.92 Å². The normalized spacial score (nSPS) is 20.0. The third kappa shape index (κ3) is 3.23. The summed E-state index contributed by atoms with van der Waals surface area (Å²) in [5, 5.41) is 0. The topological polar surface area (TPSA) is 85.5 Å². The van der Waals surface area contributed by atoms with E-state index in [0.717, 1.165) is 12.8 Å². The number of hydrogen-bond donors (Lipinski definition) is 1. The van der Waals surface area contributed by atoms with Crippen molar-refractivity contribution < 1.29 is 13.2 Å². The van der Waals surface area contributed by atoms with Gasteiger partial charge >= 0.3 is 0 Å². The summed E-state index contributed by atoms with van der Waals surface area (Å²) in [4.78, 5) is 3.99. The molecule has 1 aliphatic rings. The molecular formula is C12H19N3O3S. The minimum Gasteiger partial charge on any atom is -0.384 e. The number of likely N-dealkylation sites (N-methyl/N-ethyl adjacent to an activating group) is 1. The highest BCUT2D eigenvalue weighted by Gasteiger charge is 2.28. The molecule has 1 fully saturated rings. The maximum Gasteiger partial charge on any atom is 0.243 e. The lowest BCUT2D eigenvalue weighted by molar-refractivity contribution is 0.0947. The molecule has 6 nitrogen and oxygen atoms in total. The van der Waals surface area contributed by atoms with Crippen molar-refractivity contribution in [1.29, 1.82) is 0 Å². The number of rotatable bonds is 5. The molecule has 2 rings (SSSR count). The number of anilines is 1. The van der Waals surface area contributed by atoms with Gasteiger partial charge in [0.2, 0.25) is 10.0 Å². The van der Waals surface area contributed by atoms with Crippen LogP contribution in [0.5, 0.6) is 0 Å². The van der Waals surface area contributed by atoms with Gasteiger partial charge in [0.25, 0.3) is 0 Å². The van der Waals surface area contributed by atoms with Crippen LogP contribution in [-0.2, 0) is 14.8 Å². The minimum atomic E-state index is -3.53. The molecule has 0 aromatic carbocycles. The number of hydrogen-bond acceptors (Lipinski definition) is 5. The summed E-state index contributed by atoms with van der Waals surface area (Å²) in [5.41, 5.74) is 5.54. The summed E-state index contributed by atoms with van der Waals surface area (Å²) < 4.78 is 31.9. The molecule has 1 unspecified atom stereocenters. The van der Waals surface area contributed by atoms with Gasteiger partial charge in [0.1, 0.15) is 5.82 Å². The van der Waals surface area contributed by atoms with Crippen LogP contribution >= 0.6 is 0 Å². The van der Waals surface area contributed by atoms with Crippen LogP contribution in [0.1, 0.15) is 19.8 Å². The van der Waals surface area contributed by atoms with Crippen molar-refractivity contribution in [2.75, 3.05) is 25.4 Å². The summed E-state index contributed by atoms with van der Waals surface area (Å²) in [6, 6.07) is 2.84. The lowest BCUT2D eigenvalue weighted by Gasteiger charge is -2.23. The highest BCUT2D eigenvalue weighted by atomic mass is 32.2. The fraction of sp³-hybridized carbons (Fsp3) is 0.583. The zero-order chi connectivity index (χ0) is 13.9. The first-order valence-electron chi connectivity index (χ1n) is 6.37. The van der Waals surface area contributed by atoms with Crippen molar-refractivity contribution in [1.82, 2.24) is 9.29 Å². The van der Waals surface area contributed by atoms with Gasteiger partial charge in [-0.05, 0) is 18.9 Å². The summed E-state index contributed by atoms with van der Waals surface area (Å²) in [7, 11) is -3.53. The van der Waals surface area contributed by atoms with E-state index in [1.54, 1.807) is 0 Å². The van der Waals surface area contributed by atoms with Gasteiger partial charge in [0, 0.05) is 32.0 Å². The number of pyridine rings is 1. The summed E-state index contributed by atoms with van der Waals surface area (Å²) in [6.45, 7) is 3.33. The Kier molecular flexibility index (Phi) is 4.38. The quantitative estimate of drug-likeness (QED) is 0.867. The van der Waals surface area contributed by atoms with Crippen molar-refractivity contribution in [3.8, 4) is 0 Å². The van der Waals surface area contributed by atoms with Crippen molar-refractivity contribution in [2.45, 2.75) is 30.8 Å². The highest BCUT2D eigenvalue weighted by Crippen LogP contribution is 2.20. The van der Waals surface area contributed by atoms with Gasteiger partial charge in [0.05, 0.1) is 11.0 Å². The molecule has 0 saturated carbocycles. The third-order valence-corrected chi connectivity index (χ3v) is 5.11. The Morgan fingerprint density at radius 3 is 2.95 bits per heavy atom. The van der Waals surface area contributed by atoms with Gasteiger partial charge in [0.15, 0.2) is 0 Å². The van der Waals surface area contributed by atoms with Gasteiger partial charge < -0.3 is 10.5 Å². The molecule has 1 aliphatic heterocycles. The van der Waals surface area contributed by atoms with E-state index in [-0.39, 0.29) is 16.8 Å². The highest BCUT2D eigenvalue weighted by molar-refractivity contribution is 7.89. The Morgan fingerprint density at radius 2 is 2.37 bits per heavy atom. The fourth-order valence-corrected chi connectivity index (χ4v) is 3.65. The largest absolute Gasteiger partial charge is 0.384 e. The maximum absolute atomic E-state index is 12.5. The minimum absolute atomic E-state index is 0.00564. The number of sulfonamides is 1. The van der Waals surface area contributed by atoms with Crippen LogP contribution in [0, 0.1) is 0 Å². The van der Waals surface area contributed by atoms with E-state index in [4.69, 9.17) is 10.5 Å². The molecule has 2 N–H and O–H groups in total. The predicted molar refractivity (Wildman–Crippen MR) is 72.1 cm³/mol. The van der Waals surface area contributed by atoms with E-state index in [1.807, 2.05) is 6.92 Å². The fourth-order valence-electron chi connectivity index (χ4n) is 2.15. The monoisotopic (exact) mass is 285 g/mol. The first-order chi connectivity index (χ1) is 9.04. The molecule has 1 atom stereocenters. The van der Waals surface area contributed by atoms with Crippen LogP contribution in [0.25, 0.3) is 0 Å². The molecule has 7 heteroatoms. The van der Waals surface area contributed by atoms with Crippen LogP contribution in [0.3, 0.4) is 0 Å². The zero-order valence-electron chi connectivity index (χ0n) is 10.9. The molecule has 19 heavy (non-hydrogen) atoms. The molecule has 0 spiro atoms. The average Bonchev–Trinajstić information content (AvgIpc) is 2.88. The van der Waals surface area contributed by atoms with Crippen molar-refractivity contribution in [3.63, 3.8) is 0 Å². The molecule has 106 valence electrons. The van der Waals surface area contributed by atoms with Crippen LogP contribution in [-0.4, -0.2) is 43.5 Å². The number of ether oxygens (including phenoxy) is 1. The molecular weight excluding hydrogens is 266 g/mol. The molecule has 1 aromatic rings. The average molecular weight is 285 g/mol. The van der Waals surface area contributed by atoms with E-state index < -0.39 is 10.0 Å². The number of aromatic nitrogens is 1. The van der Waals surface area contributed by atoms with Crippen LogP contribution in [0.4, 0.5) is 5.82 Å². The number of nitrogen functional groups attached to an aromatic ring is 1. The van der Waals surface area contributed by atoms with Gasteiger partial charge in [-0.2, -0.15) is 4.31 Å². The summed E-state index contributed by atoms with van der Waals surface area (Å²) in [5.74, 6) is 0.203. The Hall–Kier alpha value is -1.18. The second kappa shape index (κ2) is 5.85. The third-order valence-electron chi connectivity index (χ3n) is 3.17. The lowest BCUT2D eigenvalue weighted by atomic mass is 10.2. The van der Waals surface area contributed by atoms with E-state index in [9.17, 15) is 8.42 Å². The second-order valence-electron chi connectivity index (χ2n) is 4.51. The molecule has 1 saturated heterocycles. The Balaban J connectivity index is 2.20. The Morgan fingerprint density at radius 1 is 1.58 bits per heavy atom. The van der Waals surface area contributed by atoms with E-state index >= 15 is 0 Å². The lowest BCUT2D eigenvalue weighted by Crippen LogP contribution is -2.37. The Labute approximate surface area is 113 Å². The van der Waals surface area contributed by atoms with Gasteiger partial charge in [-0.15, -0.1) is 0 Å². The van der Waals surface area contributed by atoms with E-state index in [1.165, 1.54) is 22.6 Å². The summed E-state index contributed by atoms with van der Waals surface area (Å²) in [6.07, 6.45) is 3.30. The Bertz CT molecular complexity index is 527. The maximum atomic E-state index is 12.5. The zero-order valence-corrected chi connectivity index (χ0v) is 11.8. The number of nitrogens with two attached hydrogens (primary N) is 1. The molecule has 0 amide bonds. The molecule has 0 radical (unpaired) electrons. The summed E-state index contributed by atoms with van der Waals surface area (Å²) >= 11 is 0. The second-order valence-corrected chi connectivity index (χ2v) is 6.45.